The van der Waals surface area contributed by atoms with Crippen molar-refractivity contribution in [3.63, 3.8) is 0 Å². The van der Waals surface area contributed by atoms with E-state index in [2.05, 4.69) is 17.2 Å². The van der Waals surface area contributed by atoms with Gasteiger partial charge >= 0.3 is 0 Å². The fourth-order valence-corrected chi connectivity index (χ4v) is 2.62. The van der Waals surface area contributed by atoms with Crippen molar-refractivity contribution < 1.29 is 9.47 Å². The number of nitrogens with one attached hydrogen (secondary N) is 1. The Morgan fingerprint density at radius 2 is 1.88 bits per heavy atom. The Labute approximate surface area is 144 Å². The van der Waals surface area contributed by atoms with Crippen LogP contribution in [0, 0.1) is 0 Å². The Balaban J connectivity index is 2.25. The van der Waals surface area contributed by atoms with Crippen LogP contribution in [0.5, 0.6) is 11.5 Å². The number of anilines is 1. The lowest BCUT2D eigenvalue weighted by molar-refractivity contribution is 0.398. The number of rotatable bonds is 9. The van der Waals surface area contributed by atoms with Gasteiger partial charge in [-0.1, -0.05) is 25.8 Å². The largest absolute Gasteiger partial charge is 0.496 e. The molecule has 5 heteroatoms. The second-order valence-electron chi connectivity index (χ2n) is 5.70. The summed E-state index contributed by atoms with van der Waals surface area (Å²) in [5, 5.41) is 3.46. The molecule has 3 N–H and O–H groups in total. The van der Waals surface area contributed by atoms with Crippen molar-refractivity contribution in [2.75, 3.05) is 26.5 Å². The number of unbranched alkanes of at least 4 members (excludes halogenated alkanes) is 2. The number of benzene rings is 1. The lowest BCUT2D eigenvalue weighted by Crippen LogP contribution is -2.15. The Morgan fingerprint density at radius 3 is 2.54 bits per heavy atom. The molecule has 0 aliphatic rings. The van der Waals surface area contributed by atoms with Gasteiger partial charge in [0.2, 0.25) is 0 Å². The van der Waals surface area contributed by atoms with Crippen LogP contribution in [0.3, 0.4) is 0 Å². The van der Waals surface area contributed by atoms with Crippen LogP contribution < -0.4 is 20.5 Å². The molecule has 0 aliphatic carbocycles. The normalized spacial score (nSPS) is 10.6. The SMILES string of the molecule is CCCCCNCc1cc(OC)c(-c2cccc(N)n2)cc1OC. The zero-order chi connectivity index (χ0) is 17.4. The van der Waals surface area contributed by atoms with Crippen LogP contribution in [0.25, 0.3) is 11.3 Å². The molecule has 0 spiro atoms. The highest BCUT2D eigenvalue weighted by atomic mass is 16.5. The lowest BCUT2D eigenvalue weighted by atomic mass is 10.0. The van der Waals surface area contributed by atoms with Gasteiger partial charge in [-0.3, -0.25) is 0 Å². The van der Waals surface area contributed by atoms with Crippen molar-refractivity contribution in [3.05, 3.63) is 35.9 Å². The molecular weight excluding hydrogens is 302 g/mol. The van der Waals surface area contributed by atoms with Crippen LogP contribution in [0.4, 0.5) is 5.82 Å². The van der Waals surface area contributed by atoms with E-state index in [0.717, 1.165) is 41.4 Å². The summed E-state index contributed by atoms with van der Waals surface area (Å²) in [6.07, 6.45) is 3.65. The predicted octanol–water partition coefficient (Wildman–Crippen LogP) is 3.63. The van der Waals surface area contributed by atoms with E-state index in [4.69, 9.17) is 15.2 Å². The topological polar surface area (TPSA) is 69.4 Å². The van der Waals surface area contributed by atoms with E-state index in [9.17, 15) is 0 Å². The van der Waals surface area contributed by atoms with E-state index in [-0.39, 0.29) is 0 Å². The molecule has 0 fully saturated rings. The van der Waals surface area contributed by atoms with Gasteiger partial charge in [-0.05, 0) is 37.2 Å². The van der Waals surface area contributed by atoms with Gasteiger partial charge in [0.1, 0.15) is 17.3 Å². The zero-order valence-electron chi connectivity index (χ0n) is 14.8. The van der Waals surface area contributed by atoms with Gasteiger partial charge in [0.15, 0.2) is 0 Å². The molecule has 130 valence electrons. The number of pyridine rings is 1. The van der Waals surface area contributed by atoms with Crippen molar-refractivity contribution >= 4 is 5.82 Å². The van der Waals surface area contributed by atoms with E-state index < -0.39 is 0 Å². The first kappa shape index (κ1) is 18.1. The van der Waals surface area contributed by atoms with Gasteiger partial charge in [0.25, 0.3) is 0 Å². The van der Waals surface area contributed by atoms with Crippen molar-refractivity contribution in [2.24, 2.45) is 0 Å². The number of nitrogens with two attached hydrogens (primary N) is 1. The van der Waals surface area contributed by atoms with Gasteiger partial charge in [-0.25, -0.2) is 4.98 Å². The van der Waals surface area contributed by atoms with Crippen LogP contribution in [-0.4, -0.2) is 25.7 Å². The number of hydrogen-bond acceptors (Lipinski definition) is 5. The molecule has 0 atom stereocenters. The van der Waals surface area contributed by atoms with Crippen LogP contribution in [0.15, 0.2) is 30.3 Å². The number of aromatic nitrogens is 1. The summed E-state index contributed by atoms with van der Waals surface area (Å²) in [6.45, 7) is 3.95. The van der Waals surface area contributed by atoms with Gasteiger partial charge in [0.05, 0.1) is 19.9 Å². The minimum Gasteiger partial charge on any atom is -0.496 e. The molecule has 0 radical (unpaired) electrons. The number of ether oxygens (including phenoxy) is 2. The number of nitrogen functional groups attached to an aromatic ring is 1. The molecule has 0 bridgehead atoms. The minimum atomic E-state index is 0.482. The lowest BCUT2D eigenvalue weighted by Gasteiger charge is -2.15. The monoisotopic (exact) mass is 329 g/mol. The first-order valence-corrected chi connectivity index (χ1v) is 8.38. The second-order valence-corrected chi connectivity index (χ2v) is 5.70. The summed E-state index contributed by atoms with van der Waals surface area (Å²) in [4.78, 5) is 4.38. The smallest absolute Gasteiger partial charge is 0.128 e. The van der Waals surface area contributed by atoms with Crippen molar-refractivity contribution in [1.82, 2.24) is 10.3 Å². The van der Waals surface area contributed by atoms with Crippen LogP contribution in [-0.2, 0) is 6.54 Å². The third-order valence-corrected chi connectivity index (χ3v) is 3.92. The molecular formula is C19H27N3O2. The third-order valence-electron chi connectivity index (χ3n) is 3.92. The zero-order valence-corrected chi connectivity index (χ0v) is 14.8. The van der Waals surface area contributed by atoms with E-state index in [1.807, 2.05) is 24.3 Å². The summed E-state index contributed by atoms with van der Waals surface area (Å²) in [6, 6.07) is 9.53. The van der Waals surface area contributed by atoms with Crippen molar-refractivity contribution in [2.45, 2.75) is 32.7 Å². The van der Waals surface area contributed by atoms with Gasteiger partial charge < -0.3 is 20.5 Å². The molecule has 0 amide bonds. The minimum absolute atomic E-state index is 0.482. The molecule has 0 aliphatic heterocycles. The highest BCUT2D eigenvalue weighted by molar-refractivity contribution is 5.71. The highest BCUT2D eigenvalue weighted by Gasteiger charge is 2.14. The highest BCUT2D eigenvalue weighted by Crippen LogP contribution is 2.35. The summed E-state index contributed by atoms with van der Waals surface area (Å²) >= 11 is 0. The first-order valence-electron chi connectivity index (χ1n) is 8.38. The summed E-state index contributed by atoms with van der Waals surface area (Å²) in [5.74, 6) is 2.06. The number of nitrogens with zero attached hydrogens (tertiary/aromatic N) is 1. The van der Waals surface area contributed by atoms with Crippen LogP contribution in [0.2, 0.25) is 0 Å². The van der Waals surface area contributed by atoms with Gasteiger partial charge in [-0.15, -0.1) is 0 Å². The van der Waals surface area contributed by atoms with Gasteiger partial charge in [-0.2, -0.15) is 0 Å². The van der Waals surface area contributed by atoms with Crippen LogP contribution >= 0.6 is 0 Å². The average Bonchev–Trinajstić information content (AvgIpc) is 2.61. The van der Waals surface area contributed by atoms with Crippen LogP contribution in [0.1, 0.15) is 31.7 Å². The maximum absolute atomic E-state index is 5.80. The Kier molecular flexibility index (Phi) is 6.88. The molecule has 1 aromatic carbocycles. The van der Waals surface area contributed by atoms with Gasteiger partial charge in [0, 0.05) is 17.7 Å². The average molecular weight is 329 g/mol. The molecule has 2 rings (SSSR count). The number of methoxy groups -OCH3 is 2. The summed E-state index contributed by atoms with van der Waals surface area (Å²) in [5.41, 5.74) is 8.51. The molecule has 0 unspecified atom stereocenters. The third kappa shape index (κ3) is 4.61. The quantitative estimate of drug-likeness (QED) is 0.688. The molecule has 1 aromatic heterocycles. The molecule has 2 aromatic rings. The molecule has 5 nitrogen and oxygen atoms in total. The van der Waals surface area contributed by atoms with Crippen molar-refractivity contribution in [1.29, 1.82) is 0 Å². The molecule has 24 heavy (non-hydrogen) atoms. The summed E-state index contributed by atoms with van der Waals surface area (Å²) < 4.78 is 11.1. The Bertz CT molecular complexity index is 659. The Hall–Kier alpha value is -2.27. The summed E-state index contributed by atoms with van der Waals surface area (Å²) in [7, 11) is 3.34. The van der Waals surface area contributed by atoms with Crippen molar-refractivity contribution in [3.8, 4) is 22.8 Å². The first-order chi connectivity index (χ1) is 11.7. The number of hydrogen-bond donors (Lipinski definition) is 2. The Morgan fingerprint density at radius 1 is 1.08 bits per heavy atom. The maximum atomic E-state index is 5.80. The standard InChI is InChI=1S/C19H27N3O2/c1-4-5-6-10-21-13-14-11-18(24-3)15(12-17(14)23-2)16-8-7-9-19(20)22-16/h7-9,11-12,21H,4-6,10,13H2,1-3H3,(H2,20,22). The van der Waals surface area contributed by atoms with E-state index in [0.29, 0.717) is 5.82 Å². The predicted molar refractivity (Wildman–Crippen MR) is 98.4 cm³/mol. The fourth-order valence-electron chi connectivity index (χ4n) is 2.62. The maximum Gasteiger partial charge on any atom is 0.128 e. The van der Waals surface area contributed by atoms with E-state index in [1.165, 1.54) is 19.3 Å². The fraction of sp³-hybridized carbons (Fsp3) is 0.421. The molecule has 1 heterocycles. The second kappa shape index (κ2) is 9.13. The molecule has 0 saturated carbocycles. The molecule has 0 saturated heterocycles. The van der Waals surface area contributed by atoms with E-state index in [1.54, 1.807) is 20.3 Å². The van der Waals surface area contributed by atoms with E-state index >= 15 is 0 Å².